The van der Waals surface area contributed by atoms with Gasteiger partial charge in [-0.1, -0.05) is 76.9 Å². The van der Waals surface area contributed by atoms with Gasteiger partial charge in [0.1, 0.15) is 6.10 Å². The van der Waals surface area contributed by atoms with Gasteiger partial charge >= 0.3 is 10.4 Å². The van der Waals surface area contributed by atoms with Gasteiger partial charge in [-0.25, -0.2) is 8.37 Å². The Labute approximate surface area is 172 Å². The third kappa shape index (κ3) is 20.3. The highest BCUT2D eigenvalue weighted by atomic mass is 32.3. The van der Waals surface area contributed by atoms with E-state index < -0.39 is 29.7 Å². The van der Waals surface area contributed by atoms with Gasteiger partial charge in [-0.15, -0.1) is 0 Å². The molecule has 168 valence electrons. The van der Waals surface area contributed by atoms with Gasteiger partial charge in [0.05, 0.1) is 19.8 Å². The maximum atomic E-state index is 11.4. The molecule has 0 heterocycles. The summed E-state index contributed by atoms with van der Waals surface area (Å²) in [5.41, 5.74) is 0. The molecule has 1 unspecified atom stereocenters. The smallest absolute Gasteiger partial charge is 0.394 e. The molecular formula is C21H42O6S. The zero-order chi connectivity index (χ0) is 20.9. The normalized spacial score (nSPS) is 13.4. The Morgan fingerprint density at radius 1 is 0.786 bits per heavy atom. The summed E-state index contributed by atoms with van der Waals surface area (Å²) in [4.78, 5) is 0. The maximum absolute atomic E-state index is 11.4. The van der Waals surface area contributed by atoms with E-state index in [-0.39, 0.29) is 6.61 Å². The SMILES string of the molecule is CCCCCCCCC=CCCCCCCCCOS(=O)(=O)OCC(O)CO. The molecule has 0 fully saturated rings. The third-order valence-corrected chi connectivity index (χ3v) is 5.38. The van der Waals surface area contributed by atoms with Crippen molar-refractivity contribution in [1.82, 2.24) is 0 Å². The lowest BCUT2D eigenvalue weighted by molar-refractivity contribution is 0.0487. The number of hydrogen-bond donors (Lipinski definition) is 2. The monoisotopic (exact) mass is 422 g/mol. The Hall–Kier alpha value is -0.470. The van der Waals surface area contributed by atoms with Crippen LogP contribution in [0.5, 0.6) is 0 Å². The lowest BCUT2D eigenvalue weighted by Gasteiger charge is -2.08. The molecule has 0 bridgehead atoms. The van der Waals surface area contributed by atoms with Crippen LogP contribution in [0.2, 0.25) is 0 Å². The topological polar surface area (TPSA) is 93.1 Å². The van der Waals surface area contributed by atoms with Crippen molar-refractivity contribution in [3.05, 3.63) is 12.2 Å². The molecule has 6 nitrogen and oxygen atoms in total. The molecule has 0 aromatic heterocycles. The molecule has 0 rings (SSSR count). The molecule has 0 amide bonds. The van der Waals surface area contributed by atoms with Crippen molar-refractivity contribution in [2.24, 2.45) is 0 Å². The van der Waals surface area contributed by atoms with E-state index in [9.17, 15) is 8.42 Å². The highest BCUT2D eigenvalue weighted by Gasteiger charge is 2.14. The highest BCUT2D eigenvalue weighted by Crippen LogP contribution is 2.10. The molecule has 0 aliphatic heterocycles. The fourth-order valence-electron chi connectivity index (χ4n) is 2.76. The first-order chi connectivity index (χ1) is 13.5. The summed E-state index contributed by atoms with van der Waals surface area (Å²) in [6.07, 6.45) is 20.0. The average Bonchev–Trinajstić information content (AvgIpc) is 2.68. The van der Waals surface area contributed by atoms with Crippen LogP contribution in [-0.2, 0) is 18.8 Å². The van der Waals surface area contributed by atoms with E-state index in [1.54, 1.807) is 0 Å². The van der Waals surface area contributed by atoms with E-state index >= 15 is 0 Å². The quantitative estimate of drug-likeness (QED) is 0.206. The summed E-state index contributed by atoms with van der Waals surface area (Å²) in [5.74, 6) is 0. The maximum Gasteiger partial charge on any atom is 0.399 e. The molecule has 0 spiro atoms. The summed E-state index contributed by atoms with van der Waals surface area (Å²) < 4.78 is 31.9. The summed E-state index contributed by atoms with van der Waals surface area (Å²) in [6.45, 7) is 1.28. The zero-order valence-corrected chi connectivity index (χ0v) is 18.5. The van der Waals surface area contributed by atoms with Crippen LogP contribution in [0.1, 0.15) is 96.8 Å². The standard InChI is InChI=1S/C21H42O6S/c1-2-3-4-5-6-7-8-9-10-11-12-13-14-15-16-17-18-26-28(24,25)27-20-21(23)19-22/h9-10,21-23H,2-8,11-20H2,1H3. The second-order valence-electron chi connectivity index (χ2n) is 7.29. The van der Waals surface area contributed by atoms with E-state index in [0.29, 0.717) is 6.42 Å². The largest absolute Gasteiger partial charge is 0.399 e. The predicted octanol–water partition coefficient (Wildman–Crippen LogP) is 4.66. The van der Waals surface area contributed by atoms with E-state index in [2.05, 4.69) is 23.3 Å². The molecule has 1 atom stereocenters. The van der Waals surface area contributed by atoms with E-state index in [0.717, 1.165) is 25.7 Å². The van der Waals surface area contributed by atoms with Crippen LogP contribution in [0.3, 0.4) is 0 Å². The van der Waals surface area contributed by atoms with Crippen LogP contribution < -0.4 is 0 Å². The van der Waals surface area contributed by atoms with Crippen molar-refractivity contribution in [3.63, 3.8) is 0 Å². The summed E-state index contributed by atoms with van der Waals surface area (Å²) >= 11 is 0. The summed E-state index contributed by atoms with van der Waals surface area (Å²) in [5, 5.41) is 17.6. The van der Waals surface area contributed by atoms with E-state index in [1.165, 1.54) is 57.8 Å². The molecule has 2 N–H and O–H groups in total. The number of aliphatic hydroxyl groups excluding tert-OH is 2. The highest BCUT2D eigenvalue weighted by molar-refractivity contribution is 7.81. The molecular weight excluding hydrogens is 380 g/mol. The minimum absolute atomic E-state index is 0.0821. The van der Waals surface area contributed by atoms with Crippen LogP contribution in [0.25, 0.3) is 0 Å². The van der Waals surface area contributed by atoms with Gasteiger partial charge in [-0.05, 0) is 32.1 Å². The van der Waals surface area contributed by atoms with Gasteiger partial charge in [0, 0.05) is 0 Å². The fraction of sp³-hybridized carbons (Fsp3) is 0.905. The Morgan fingerprint density at radius 2 is 1.29 bits per heavy atom. The Bertz CT molecular complexity index is 450. The Balaban J connectivity index is 3.34. The molecule has 0 saturated heterocycles. The van der Waals surface area contributed by atoms with Gasteiger partial charge < -0.3 is 10.2 Å². The van der Waals surface area contributed by atoms with Gasteiger partial charge in [0.25, 0.3) is 0 Å². The van der Waals surface area contributed by atoms with Crippen LogP contribution in [-0.4, -0.2) is 44.6 Å². The zero-order valence-electron chi connectivity index (χ0n) is 17.7. The molecule has 0 aliphatic carbocycles. The van der Waals surface area contributed by atoms with Gasteiger partial charge in [0.2, 0.25) is 0 Å². The van der Waals surface area contributed by atoms with Crippen molar-refractivity contribution < 1.29 is 27.0 Å². The summed E-state index contributed by atoms with van der Waals surface area (Å²) in [7, 11) is -4.09. The number of rotatable bonds is 21. The second kappa shape index (κ2) is 19.8. The van der Waals surface area contributed by atoms with E-state index in [4.69, 9.17) is 14.4 Å². The molecule has 0 aromatic carbocycles. The Morgan fingerprint density at radius 3 is 1.82 bits per heavy atom. The average molecular weight is 423 g/mol. The van der Waals surface area contributed by atoms with Gasteiger partial charge in [-0.3, -0.25) is 0 Å². The third-order valence-electron chi connectivity index (χ3n) is 4.50. The molecule has 0 aliphatic rings. The number of aliphatic hydroxyl groups is 2. The molecule has 28 heavy (non-hydrogen) atoms. The van der Waals surface area contributed by atoms with Crippen LogP contribution in [0, 0.1) is 0 Å². The minimum atomic E-state index is -4.09. The van der Waals surface area contributed by atoms with Crippen molar-refractivity contribution in [2.45, 2.75) is 103 Å². The van der Waals surface area contributed by atoms with Crippen molar-refractivity contribution in [3.8, 4) is 0 Å². The first-order valence-electron chi connectivity index (χ1n) is 11.0. The fourth-order valence-corrected chi connectivity index (χ4v) is 3.47. The minimum Gasteiger partial charge on any atom is -0.394 e. The second-order valence-corrected chi connectivity index (χ2v) is 8.58. The van der Waals surface area contributed by atoms with Gasteiger partial charge in [0.15, 0.2) is 0 Å². The molecule has 0 radical (unpaired) electrons. The first kappa shape index (κ1) is 27.5. The summed E-state index contributed by atoms with van der Waals surface area (Å²) in [6, 6.07) is 0. The Kier molecular flexibility index (Phi) is 19.5. The van der Waals surface area contributed by atoms with Gasteiger partial charge in [-0.2, -0.15) is 8.42 Å². The van der Waals surface area contributed by atoms with Crippen molar-refractivity contribution in [1.29, 1.82) is 0 Å². The lowest BCUT2D eigenvalue weighted by Crippen LogP contribution is -2.23. The molecule has 0 aromatic rings. The van der Waals surface area contributed by atoms with Crippen LogP contribution in [0.4, 0.5) is 0 Å². The predicted molar refractivity (Wildman–Crippen MR) is 113 cm³/mol. The van der Waals surface area contributed by atoms with Crippen LogP contribution >= 0.6 is 0 Å². The van der Waals surface area contributed by atoms with Crippen molar-refractivity contribution >= 4 is 10.4 Å². The van der Waals surface area contributed by atoms with Crippen molar-refractivity contribution in [2.75, 3.05) is 19.8 Å². The number of unbranched alkanes of at least 4 members (excludes halogenated alkanes) is 12. The lowest BCUT2D eigenvalue weighted by atomic mass is 10.1. The number of allylic oxidation sites excluding steroid dienone is 2. The first-order valence-corrected chi connectivity index (χ1v) is 12.3. The molecule has 0 saturated carbocycles. The van der Waals surface area contributed by atoms with E-state index in [1.807, 2.05) is 0 Å². The van der Waals surface area contributed by atoms with Crippen LogP contribution in [0.15, 0.2) is 12.2 Å². The number of hydrogen-bond acceptors (Lipinski definition) is 6. The molecule has 7 heteroatoms.